The number of hydrogen-bond acceptors (Lipinski definition) is 6. The smallest absolute Gasteiger partial charge is 0.252 e. The van der Waals surface area contributed by atoms with E-state index in [1.165, 1.54) is 0 Å². The molecule has 0 fully saturated rings. The van der Waals surface area contributed by atoms with Gasteiger partial charge in [0.15, 0.2) is 11.6 Å². The van der Waals surface area contributed by atoms with E-state index in [0.29, 0.717) is 41.2 Å². The zero-order valence-corrected chi connectivity index (χ0v) is 22.6. The fraction of sp³-hybridized carbons (Fsp3) is 0.286. The molecule has 1 aliphatic heterocycles. The highest BCUT2D eigenvalue weighted by Gasteiger charge is 2.53. The lowest BCUT2D eigenvalue weighted by Crippen LogP contribution is -2.50. The number of azide groups is 1. The molecule has 4 rings (SSSR count). The molecule has 39 heavy (non-hydrogen) atoms. The van der Waals surface area contributed by atoms with Crippen molar-refractivity contribution < 1.29 is 23.8 Å². The number of aliphatic imine (C=N–C) groups is 1. The molecule has 0 spiro atoms. The van der Waals surface area contributed by atoms with Gasteiger partial charge in [0.25, 0.3) is 5.91 Å². The first-order valence-electron chi connectivity index (χ1n) is 12.3. The maximum Gasteiger partial charge on any atom is 0.252 e. The van der Waals surface area contributed by atoms with Crippen LogP contribution < -0.4 is 10.1 Å². The minimum absolute atomic E-state index is 0.0346. The summed E-state index contributed by atoms with van der Waals surface area (Å²) >= 11 is 3.44. The molecule has 1 amide bonds. The Labute approximate surface area is 233 Å². The fourth-order valence-corrected chi connectivity index (χ4v) is 4.59. The Balaban J connectivity index is 1.81. The van der Waals surface area contributed by atoms with Gasteiger partial charge in [-0.05, 0) is 53.1 Å². The minimum Gasteiger partial charge on any atom is -0.494 e. The Bertz CT molecular complexity index is 1360. The molecule has 202 valence electrons. The first kappa shape index (κ1) is 28.1. The number of alkyl halides is 1. The highest BCUT2D eigenvalue weighted by atomic mass is 79.9. The zero-order chi connectivity index (χ0) is 27.7. The monoisotopic (exact) mass is 595 g/mol. The summed E-state index contributed by atoms with van der Waals surface area (Å²) in [5, 5.41) is 15.4. The molecular weight excluding hydrogens is 569 g/mol. The van der Waals surface area contributed by atoms with Crippen LogP contribution in [-0.2, 0) is 16.0 Å². The number of nitrogens with zero attached hydrogens (tertiary/aromatic N) is 4. The van der Waals surface area contributed by atoms with Gasteiger partial charge < -0.3 is 19.9 Å². The zero-order valence-electron chi connectivity index (χ0n) is 21.0. The lowest BCUT2D eigenvalue weighted by molar-refractivity contribution is -0.129. The number of amides is 1. The van der Waals surface area contributed by atoms with E-state index in [2.05, 4.69) is 31.3 Å². The van der Waals surface area contributed by atoms with E-state index in [0.717, 1.165) is 4.47 Å². The lowest BCUT2D eigenvalue weighted by atomic mass is 9.81. The maximum absolute atomic E-state index is 13.8. The standard InChI is InChI=1S/C28H27BrFN5O4/c29-22-10-6-19(7-11-22)25-28(27(37)32-15-14-30,18-21-4-1-2-5-24(21)34-35-31)33-26(39-25)20-8-12-23(13-9-20)38-17-3-16-36/h1-2,4-13,25,36H,3,14-18H2,(H,32,37)/t25-,28-/m1/s1. The number of halogens is 2. The number of benzene rings is 3. The number of ether oxygens (including phenoxy) is 2. The van der Waals surface area contributed by atoms with E-state index < -0.39 is 24.2 Å². The van der Waals surface area contributed by atoms with Crippen LogP contribution >= 0.6 is 15.9 Å². The predicted molar refractivity (Wildman–Crippen MR) is 149 cm³/mol. The SMILES string of the molecule is [N-]=[N+]=Nc1ccccc1C[C@@]1(C(=O)NCCF)N=C(c2ccc(OCCCO)cc2)O[C@@H]1c1ccc(Br)cc1. The van der Waals surface area contributed by atoms with Gasteiger partial charge in [-0.1, -0.05) is 57.4 Å². The van der Waals surface area contributed by atoms with Crippen LogP contribution in [-0.4, -0.2) is 48.9 Å². The summed E-state index contributed by atoms with van der Waals surface area (Å²) in [5.41, 5.74) is 9.82. The highest BCUT2D eigenvalue weighted by Crippen LogP contribution is 2.44. The third kappa shape index (κ3) is 6.57. The van der Waals surface area contributed by atoms with Crippen molar-refractivity contribution in [1.82, 2.24) is 5.32 Å². The number of aliphatic hydroxyl groups is 1. The van der Waals surface area contributed by atoms with E-state index in [1.54, 1.807) is 48.5 Å². The molecule has 3 aromatic rings. The number of nitrogens with one attached hydrogen (secondary N) is 1. The Kier molecular flexibility index (Phi) is 9.54. The Morgan fingerprint density at radius 2 is 1.92 bits per heavy atom. The molecule has 1 heterocycles. The van der Waals surface area contributed by atoms with Crippen molar-refractivity contribution in [2.24, 2.45) is 10.1 Å². The summed E-state index contributed by atoms with van der Waals surface area (Å²) in [6.07, 6.45) is -0.313. The number of hydrogen-bond donors (Lipinski definition) is 2. The van der Waals surface area contributed by atoms with Crippen molar-refractivity contribution >= 4 is 33.4 Å². The van der Waals surface area contributed by atoms with Gasteiger partial charge in [-0.25, -0.2) is 9.38 Å². The Morgan fingerprint density at radius 1 is 1.18 bits per heavy atom. The quantitative estimate of drug-likeness (QED) is 0.120. The largest absolute Gasteiger partial charge is 0.494 e. The molecule has 0 saturated carbocycles. The van der Waals surface area contributed by atoms with Crippen molar-refractivity contribution in [2.75, 3.05) is 26.4 Å². The van der Waals surface area contributed by atoms with Crippen LogP contribution in [0, 0.1) is 0 Å². The van der Waals surface area contributed by atoms with E-state index in [1.807, 2.05) is 24.3 Å². The third-order valence-corrected chi connectivity index (χ3v) is 6.72. The molecule has 0 aromatic heterocycles. The second kappa shape index (κ2) is 13.2. The summed E-state index contributed by atoms with van der Waals surface area (Å²) < 4.78 is 26.0. The van der Waals surface area contributed by atoms with Crippen molar-refractivity contribution in [3.8, 4) is 5.75 Å². The van der Waals surface area contributed by atoms with Gasteiger partial charge in [-0.2, -0.15) is 0 Å². The average Bonchev–Trinajstić information content (AvgIpc) is 3.34. The first-order chi connectivity index (χ1) is 19.0. The maximum atomic E-state index is 13.8. The summed E-state index contributed by atoms with van der Waals surface area (Å²) in [4.78, 5) is 21.6. The van der Waals surface area contributed by atoms with Gasteiger partial charge in [0.05, 0.1) is 6.61 Å². The summed E-state index contributed by atoms with van der Waals surface area (Å²) in [6, 6.07) is 21.4. The molecule has 1 aliphatic rings. The van der Waals surface area contributed by atoms with Gasteiger partial charge in [-0.15, -0.1) is 0 Å². The van der Waals surface area contributed by atoms with Gasteiger partial charge in [0, 0.05) is 46.6 Å². The van der Waals surface area contributed by atoms with E-state index in [4.69, 9.17) is 25.1 Å². The van der Waals surface area contributed by atoms with Crippen LogP contribution in [0.4, 0.5) is 10.1 Å². The topological polar surface area (TPSA) is 129 Å². The van der Waals surface area contributed by atoms with Crippen molar-refractivity contribution in [3.05, 3.63) is 104 Å². The van der Waals surface area contributed by atoms with Crippen LogP contribution in [0.3, 0.4) is 0 Å². The van der Waals surface area contributed by atoms with E-state index in [-0.39, 0.29) is 25.5 Å². The van der Waals surface area contributed by atoms with Gasteiger partial charge in [0.1, 0.15) is 12.4 Å². The van der Waals surface area contributed by atoms with Gasteiger partial charge in [0.2, 0.25) is 5.90 Å². The molecule has 11 heteroatoms. The number of rotatable bonds is 12. The molecule has 3 aromatic carbocycles. The van der Waals surface area contributed by atoms with Crippen LogP contribution in [0.1, 0.15) is 29.2 Å². The molecule has 9 nitrogen and oxygen atoms in total. The molecule has 0 unspecified atom stereocenters. The molecular formula is C28H27BrFN5O4. The average molecular weight is 596 g/mol. The first-order valence-corrected chi connectivity index (χ1v) is 13.1. The van der Waals surface area contributed by atoms with Crippen molar-refractivity contribution in [2.45, 2.75) is 24.5 Å². The highest BCUT2D eigenvalue weighted by molar-refractivity contribution is 9.10. The molecule has 2 N–H and O–H groups in total. The second-order valence-corrected chi connectivity index (χ2v) is 9.70. The van der Waals surface area contributed by atoms with Crippen molar-refractivity contribution in [1.29, 1.82) is 0 Å². The third-order valence-electron chi connectivity index (χ3n) is 6.19. The molecule has 2 atom stereocenters. The number of carbonyl (C=O) groups is 1. The molecule has 0 radical (unpaired) electrons. The van der Waals surface area contributed by atoms with E-state index in [9.17, 15) is 9.18 Å². The summed E-state index contributed by atoms with van der Waals surface area (Å²) in [6.45, 7) is -0.511. The summed E-state index contributed by atoms with van der Waals surface area (Å²) in [5.74, 6) is 0.342. The Morgan fingerprint density at radius 3 is 2.62 bits per heavy atom. The van der Waals surface area contributed by atoms with E-state index >= 15 is 0 Å². The van der Waals surface area contributed by atoms with Gasteiger partial charge >= 0.3 is 0 Å². The van der Waals surface area contributed by atoms with Crippen LogP contribution in [0.2, 0.25) is 0 Å². The fourth-order valence-electron chi connectivity index (χ4n) is 4.33. The molecule has 0 aliphatic carbocycles. The van der Waals surface area contributed by atoms with Crippen LogP contribution in [0.15, 0.2) is 87.4 Å². The molecule has 0 bridgehead atoms. The lowest BCUT2D eigenvalue weighted by Gasteiger charge is -2.31. The number of carbonyl (C=O) groups excluding carboxylic acids is 1. The predicted octanol–water partition coefficient (Wildman–Crippen LogP) is 5.74. The molecule has 0 saturated heterocycles. The minimum atomic E-state index is -1.53. The number of aliphatic hydroxyl groups excluding tert-OH is 1. The van der Waals surface area contributed by atoms with Gasteiger partial charge in [-0.3, -0.25) is 4.79 Å². The summed E-state index contributed by atoms with van der Waals surface area (Å²) in [7, 11) is 0. The Hall–Kier alpha value is -3.92. The van der Waals surface area contributed by atoms with Crippen LogP contribution in [0.25, 0.3) is 10.4 Å². The van der Waals surface area contributed by atoms with Crippen LogP contribution in [0.5, 0.6) is 5.75 Å². The second-order valence-electron chi connectivity index (χ2n) is 8.78. The normalized spacial score (nSPS) is 18.0. The van der Waals surface area contributed by atoms with Crippen molar-refractivity contribution in [3.63, 3.8) is 0 Å².